The standard InChI is InChI=1S/C15H27O3Si2.3CH3.Pt/c1-7-12-19(5,6)15-10-8-9-14(15)11-13-20(16-2,17-3)18-4;;;;/h7,9H,1,8,11-13H2,2-6H3;3*1H3;/q4*-1;+4. The van der Waals surface area contributed by atoms with Crippen molar-refractivity contribution < 1.29 is 34.3 Å². The van der Waals surface area contributed by atoms with Gasteiger partial charge in [-0.25, -0.2) is 10.8 Å². The van der Waals surface area contributed by atoms with Crippen LogP contribution in [0.5, 0.6) is 0 Å². The molecule has 144 valence electrons. The van der Waals surface area contributed by atoms with Crippen molar-refractivity contribution in [2.75, 3.05) is 21.3 Å². The Morgan fingerprint density at radius 2 is 1.62 bits per heavy atom. The maximum absolute atomic E-state index is 5.50. The van der Waals surface area contributed by atoms with Gasteiger partial charge in [-0.05, 0) is 6.04 Å². The molecule has 0 spiro atoms. The first-order chi connectivity index (χ1) is 9.44. The Labute approximate surface area is 168 Å². The van der Waals surface area contributed by atoms with E-state index >= 15 is 0 Å². The summed E-state index contributed by atoms with van der Waals surface area (Å²) in [5, 5.41) is 1.45. The topological polar surface area (TPSA) is 27.7 Å². The molecule has 0 amide bonds. The molecule has 1 aliphatic carbocycles. The van der Waals surface area contributed by atoms with Crippen LogP contribution < -0.4 is 0 Å². The minimum Gasteiger partial charge on any atom is -0.377 e. The van der Waals surface area contributed by atoms with Gasteiger partial charge in [-0.15, -0.1) is 13.0 Å². The van der Waals surface area contributed by atoms with E-state index in [1.54, 1.807) is 21.3 Å². The van der Waals surface area contributed by atoms with Gasteiger partial charge >= 0.3 is 29.9 Å². The van der Waals surface area contributed by atoms with Gasteiger partial charge in [-0.2, -0.15) is 6.08 Å². The molecule has 0 fully saturated rings. The summed E-state index contributed by atoms with van der Waals surface area (Å²) in [6.45, 7) is 8.65. The van der Waals surface area contributed by atoms with Crippen molar-refractivity contribution in [3.8, 4) is 0 Å². The van der Waals surface area contributed by atoms with Crippen molar-refractivity contribution in [1.82, 2.24) is 0 Å². The van der Waals surface area contributed by atoms with Crippen molar-refractivity contribution in [2.45, 2.75) is 38.0 Å². The van der Waals surface area contributed by atoms with E-state index in [2.05, 4.69) is 31.8 Å². The average Bonchev–Trinajstić information content (AvgIpc) is 2.90. The third-order valence-electron chi connectivity index (χ3n) is 3.91. The van der Waals surface area contributed by atoms with Gasteiger partial charge in [-0.3, -0.25) is 6.08 Å². The minimum atomic E-state index is -2.48. The first-order valence-electron chi connectivity index (χ1n) is 7.01. The summed E-state index contributed by atoms with van der Waals surface area (Å²) in [5.74, 6) is 0. The molecular weight excluding hydrogens is 515 g/mol. The molecule has 1 rings (SSSR count). The zero-order chi connectivity index (χ0) is 15.2. The van der Waals surface area contributed by atoms with Gasteiger partial charge in [-0.1, -0.05) is 25.6 Å². The Morgan fingerprint density at radius 1 is 1.12 bits per heavy atom. The van der Waals surface area contributed by atoms with Crippen LogP contribution in [0.25, 0.3) is 0 Å². The van der Waals surface area contributed by atoms with E-state index in [9.17, 15) is 0 Å². The summed E-state index contributed by atoms with van der Waals surface area (Å²) >= 11 is 0. The maximum atomic E-state index is 5.50. The molecule has 6 heteroatoms. The van der Waals surface area contributed by atoms with E-state index in [-0.39, 0.29) is 43.3 Å². The van der Waals surface area contributed by atoms with E-state index in [1.165, 1.54) is 10.8 Å². The fourth-order valence-corrected chi connectivity index (χ4v) is 6.99. The Bertz CT molecular complexity index is 395. The Hall–Kier alpha value is 0.222. The normalized spacial score (nSPS) is 13.4. The Morgan fingerprint density at radius 3 is 2.04 bits per heavy atom. The zero-order valence-electron chi connectivity index (χ0n) is 16.7. The number of hydrogen-bond acceptors (Lipinski definition) is 3. The smallest absolute Gasteiger partial charge is 0.377 e. The molecule has 0 aromatic carbocycles. The van der Waals surface area contributed by atoms with Crippen LogP contribution in [0.4, 0.5) is 0 Å². The van der Waals surface area contributed by atoms with Crippen LogP contribution in [0.3, 0.4) is 0 Å². The van der Waals surface area contributed by atoms with Crippen LogP contribution in [0.2, 0.25) is 25.2 Å². The summed E-state index contributed by atoms with van der Waals surface area (Å²) in [5.41, 5.74) is 1.41. The third kappa shape index (κ3) is 8.07. The second kappa shape index (κ2) is 14.4. The van der Waals surface area contributed by atoms with Crippen LogP contribution in [-0.4, -0.2) is 38.2 Å². The summed E-state index contributed by atoms with van der Waals surface area (Å²) in [6.07, 6.45) is 9.75. The summed E-state index contributed by atoms with van der Waals surface area (Å²) in [6, 6.07) is 1.90. The largest absolute Gasteiger partial charge is 4.00 e. The van der Waals surface area contributed by atoms with Gasteiger partial charge in [0.15, 0.2) is 0 Å². The van der Waals surface area contributed by atoms with Crippen molar-refractivity contribution >= 4 is 16.9 Å². The molecule has 1 aliphatic rings. The molecule has 0 bridgehead atoms. The Balaban J connectivity index is -0.000000500. The molecule has 0 saturated carbocycles. The number of hydrogen-bond donors (Lipinski definition) is 0. The average molecular weight is 552 g/mol. The van der Waals surface area contributed by atoms with Gasteiger partial charge < -0.3 is 35.6 Å². The molecule has 0 aliphatic heterocycles. The van der Waals surface area contributed by atoms with Crippen LogP contribution in [-0.2, 0) is 34.3 Å². The van der Waals surface area contributed by atoms with Crippen LogP contribution in [0.15, 0.2) is 29.5 Å². The van der Waals surface area contributed by atoms with E-state index in [0.29, 0.717) is 0 Å². The van der Waals surface area contributed by atoms with Gasteiger partial charge in [0.1, 0.15) is 0 Å². The summed E-state index contributed by atoms with van der Waals surface area (Å²) in [4.78, 5) is 0. The van der Waals surface area contributed by atoms with E-state index in [1.807, 2.05) is 6.08 Å². The molecular formula is C18H36O3PtSi2. The molecule has 0 aromatic rings. The quantitative estimate of drug-likeness (QED) is 0.227. The predicted molar refractivity (Wildman–Crippen MR) is 107 cm³/mol. The zero-order valence-corrected chi connectivity index (χ0v) is 21.0. The predicted octanol–water partition coefficient (Wildman–Crippen LogP) is 5.10. The molecule has 0 atom stereocenters. The molecule has 0 N–H and O–H groups in total. The van der Waals surface area contributed by atoms with E-state index < -0.39 is 16.9 Å². The first kappa shape index (κ1) is 31.9. The Kier molecular flexibility index (Phi) is 19.2. The van der Waals surface area contributed by atoms with Crippen molar-refractivity contribution in [3.63, 3.8) is 0 Å². The SMILES string of the molecule is C=CC[Si](C)(C)C1=[C-]CC=C1CC[Si](OC)(OC)OC.[CH3-].[CH3-].[CH3-].[Pt+4]. The van der Waals surface area contributed by atoms with Crippen LogP contribution in [0.1, 0.15) is 12.8 Å². The fraction of sp³-hybridized carbons (Fsp3) is 0.500. The van der Waals surface area contributed by atoms with Crippen molar-refractivity contribution in [3.05, 3.63) is 57.9 Å². The second-order valence-corrected chi connectivity index (χ2v) is 13.4. The number of rotatable bonds is 9. The monoisotopic (exact) mass is 551 g/mol. The molecule has 0 radical (unpaired) electrons. The molecule has 0 aromatic heterocycles. The minimum absolute atomic E-state index is 0. The van der Waals surface area contributed by atoms with E-state index in [0.717, 1.165) is 24.9 Å². The van der Waals surface area contributed by atoms with Gasteiger partial charge in [0.25, 0.3) is 0 Å². The van der Waals surface area contributed by atoms with Crippen LogP contribution in [0, 0.1) is 28.4 Å². The first-order valence-corrected chi connectivity index (χ1v) is 12.2. The second-order valence-electron chi connectivity index (χ2n) is 5.66. The molecule has 0 heterocycles. The van der Waals surface area contributed by atoms with Crippen molar-refractivity contribution in [1.29, 1.82) is 0 Å². The summed E-state index contributed by atoms with van der Waals surface area (Å²) in [7, 11) is 1.08. The molecule has 24 heavy (non-hydrogen) atoms. The number of allylic oxidation sites excluding steroid dienone is 5. The van der Waals surface area contributed by atoms with Gasteiger partial charge in [0, 0.05) is 35.4 Å². The molecule has 0 saturated heterocycles. The molecule has 0 unspecified atom stereocenters. The fourth-order valence-electron chi connectivity index (χ4n) is 2.70. The van der Waals surface area contributed by atoms with Crippen molar-refractivity contribution in [2.24, 2.45) is 0 Å². The van der Waals surface area contributed by atoms with Gasteiger partial charge in [0.05, 0.1) is 0 Å². The van der Waals surface area contributed by atoms with Crippen LogP contribution >= 0.6 is 0 Å². The molecule has 3 nitrogen and oxygen atoms in total. The maximum Gasteiger partial charge on any atom is 4.00 e. The summed E-state index contributed by atoms with van der Waals surface area (Å²) < 4.78 is 16.5. The third-order valence-corrected chi connectivity index (χ3v) is 9.80. The van der Waals surface area contributed by atoms with E-state index in [4.69, 9.17) is 13.3 Å². The van der Waals surface area contributed by atoms with Gasteiger partial charge in [0.2, 0.25) is 0 Å².